The number of ketones is 1. The number of amides is 2. The van der Waals surface area contributed by atoms with Crippen LogP contribution in [-0.4, -0.2) is 53.7 Å². The van der Waals surface area contributed by atoms with Crippen molar-refractivity contribution in [2.24, 2.45) is 23.2 Å². The van der Waals surface area contributed by atoms with E-state index in [4.69, 9.17) is 4.74 Å². The monoisotopic (exact) mass is 661 g/mol. The van der Waals surface area contributed by atoms with Crippen molar-refractivity contribution in [3.8, 4) is 0 Å². The normalized spacial score (nSPS) is 23.6. The molecule has 1 aliphatic carbocycles. The van der Waals surface area contributed by atoms with Gasteiger partial charge in [0.15, 0.2) is 5.78 Å². The average Bonchev–Trinajstić information content (AvgIpc) is 2.61. The molecule has 1 aliphatic rings. The standard InChI is InChI=1S/C23H39N2O5.U/c1-14-10-11-17(16(12-14)13-26)18(27)19(22(3,4)5)24-20(28)15(2)25(9)21(29)30-23(6,7)8;/h14-17,19H,10-12H2,1-9H3,(H,24,28);/q-1;/t14-,15+,16+,17?,19-;/m1./s1. The zero-order valence-corrected chi connectivity index (χ0v) is 24.7. The van der Waals surface area contributed by atoms with Crippen molar-refractivity contribution in [1.29, 1.82) is 0 Å². The third kappa shape index (κ3) is 8.88. The van der Waals surface area contributed by atoms with Crippen LogP contribution in [0.25, 0.3) is 0 Å². The summed E-state index contributed by atoms with van der Waals surface area (Å²) in [5, 5.41) is 2.84. The molecule has 1 rings (SSSR count). The SMILES string of the molecule is C[C@@H]1CCC(C(=O)[C@@H](NC(=O)[C@H](C)N(C)C(=O)OC(C)(C)C)C(C)(C)C)[C@H]([C-]=O)C1.[U]. The van der Waals surface area contributed by atoms with Crippen molar-refractivity contribution in [2.45, 2.75) is 92.3 Å². The number of carbonyl (C=O) groups excluding carboxylic acids is 4. The van der Waals surface area contributed by atoms with Gasteiger partial charge in [-0.15, -0.1) is 5.92 Å². The second-order valence-corrected chi connectivity index (χ2v) is 10.7. The maximum Gasteiger partial charge on any atom is 0.410 e. The summed E-state index contributed by atoms with van der Waals surface area (Å²) in [6.45, 7) is 14.6. The molecule has 2 amide bonds. The fourth-order valence-corrected chi connectivity index (χ4v) is 3.71. The van der Waals surface area contributed by atoms with E-state index in [1.165, 1.54) is 11.9 Å². The Bertz CT molecular complexity index is 653. The van der Waals surface area contributed by atoms with E-state index in [1.807, 2.05) is 27.1 Å². The van der Waals surface area contributed by atoms with E-state index < -0.39 is 46.9 Å². The van der Waals surface area contributed by atoms with Crippen LogP contribution < -0.4 is 5.32 Å². The minimum atomic E-state index is -0.822. The number of likely N-dealkylation sites (N-methyl/N-ethyl adjacent to an activating group) is 1. The van der Waals surface area contributed by atoms with Gasteiger partial charge in [-0.1, -0.05) is 40.5 Å². The van der Waals surface area contributed by atoms with Crippen LogP contribution in [0.3, 0.4) is 0 Å². The van der Waals surface area contributed by atoms with E-state index in [2.05, 4.69) is 12.2 Å². The third-order valence-corrected chi connectivity index (χ3v) is 5.71. The predicted molar refractivity (Wildman–Crippen MR) is 116 cm³/mol. The van der Waals surface area contributed by atoms with Crippen molar-refractivity contribution in [2.75, 3.05) is 7.05 Å². The smallest absolute Gasteiger partial charge is 0.410 e. The number of nitrogens with one attached hydrogen (secondary N) is 1. The molecule has 1 saturated carbocycles. The minimum absolute atomic E-state index is 0. The van der Waals surface area contributed by atoms with Crippen molar-refractivity contribution >= 4 is 24.1 Å². The molecule has 5 atom stereocenters. The molecule has 7 nitrogen and oxygen atoms in total. The molecule has 0 aromatic rings. The molecule has 31 heavy (non-hydrogen) atoms. The van der Waals surface area contributed by atoms with E-state index in [0.29, 0.717) is 18.8 Å². The van der Waals surface area contributed by atoms with Gasteiger partial charge < -0.3 is 14.8 Å². The summed E-state index contributed by atoms with van der Waals surface area (Å²) < 4.78 is 5.32. The molecule has 0 spiro atoms. The number of hydrogen-bond acceptors (Lipinski definition) is 5. The molecule has 0 aromatic carbocycles. The molecule has 176 valence electrons. The summed E-state index contributed by atoms with van der Waals surface area (Å²) in [6, 6.07) is -1.59. The summed E-state index contributed by atoms with van der Waals surface area (Å²) in [6.07, 6.45) is 3.57. The van der Waals surface area contributed by atoms with Crippen molar-refractivity contribution in [3.63, 3.8) is 0 Å². The third-order valence-electron chi connectivity index (χ3n) is 5.71. The first-order valence-corrected chi connectivity index (χ1v) is 10.8. The second kappa shape index (κ2) is 11.8. The molecule has 0 aliphatic heterocycles. The van der Waals surface area contributed by atoms with Crippen molar-refractivity contribution < 1.29 is 55.0 Å². The van der Waals surface area contributed by atoms with Gasteiger partial charge in [0, 0.05) is 38.2 Å². The molecule has 1 N–H and O–H groups in total. The zero-order chi connectivity index (χ0) is 23.4. The number of nitrogens with zero attached hydrogens (tertiary/aromatic N) is 1. The largest absolute Gasteiger partial charge is 0.541 e. The van der Waals surface area contributed by atoms with E-state index in [1.54, 1.807) is 27.7 Å². The van der Waals surface area contributed by atoms with Gasteiger partial charge in [0.2, 0.25) is 5.91 Å². The molecule has 1 unspecified atom stereocenters. The van der Waals surface area contributed by atoms with Crippen LogP contribution in [-0.2, 0) is 19.1 Å². The molecule has 0 saturated heterocycles. The molecular weight excluding hydrogens is 622 g/mol. The molecule has 1 fully saturated rings. The second-order valence-electron chi connectivity index (χ2n) is 10.7. The van der Waals surface area contributed by atoms with Crippen LogP contribution in [0.15, 0.2) is 0 Å². The van der Waals surface area contributed by atoms with Crippen LogP contribution in [0, 0.1) is 54.3 Å². The Balaban J connectivity index is 0.00000900. The topological polar surface area (TPSA) is 92.8 Å². The Labute approximate surface area is 211 Å². The van der Waals surface area contributed by atoms with Gasteiger partial charge in [-0.2, -0.15) is 0 Å². The van der Waals surface area contributed by atoms with Crippen molar-refractivity contribution in [1.82, 2.24) is 10.2 Å². The zero-order valence-electron chi connectivity index (χ0n) is 20.5. The van der Waals surface area contributed by atoms with Gasteiger partial charge in [0.25, 0.3) is 0 Å². The fraction of sp³-hybridized carbons (Fsp3) is 0.826. The predicted octanol–water partition coefficient (Wildman–Crippen LogP) is 3.50. The quantitative estimate of drug-likeness (QED) is 0.441. The Kier molecular flexibility index (Phi) is 11.5. The van der Waals surface area contributed by atoms with Crippen LogP contribution in [0.4, 0.5) is 4.79 Å². The van der Waals surface area contributed by atoms with E-state index in [0.717, 1.165) is 6.42 Å². The maximum atomic E-state index is 13.4. The molecule has 0 aromatic heterocycles. The molecule has 0 heterocycles. The van der Waals surface area contributed by atoms with E-state index in [9.17, 15) is 19.2 Å². The summed E-state index contributed by atoms with van der Waals surface area (Å²) in [5.74, 6) is -1.08. The fourth-order valence-electron chi connectivity index (χ4n) is 3.71. The Morgan fingerprint density at radius 2 is 1.65 bits per heavy atom. The maximum absolute atomic E-state index is 13.4. The van der Waals surface area contributed by atoms with E-state index >= 15 is 0 Å². The number of ether oxygens (including phenoxy) is 1. The van der Waals surface area contributed by atoms with Crippen molar-refractivity contribution in [3.05, 3.63) is 0 Å². The van der Waals surface area contributed by atoms with Crippen LogP contribution in [0.5, 0.6) is 0 Å². The molecule has 8 heteroatoms. The van der Waals surface area contributed by atoms with Gasteiger partial charge in [-0.05, 0) is 51.4 Å². The average molecular weight is 662 g/mol. The van der Waals surface area contributed by atoms with Crippen LogP contribution >= 0.6 is 0 Å². The summed E-state index contributed by atoms with van der Waals surface area (Å²) in [5.41, 5.74) is -1.22. The van der Waals surface area contributed by atoms with Gasteiger partial charge in [-0.3, -0.25) is 20.8 Å². The first-order chi connectivity index (χ1) is 13.6. The van der Waals surface area contributed by atoms with Gasteiger partial charge in [0.1, 0.15) is 11.6 Å². The first-order valence-electron chi connectivity index (χ1n) is 10.8. The summed E-state index contributed by atoms with van der Waals surface area (Å²) in [7, 11) is 1.49. The minimum Gasteiger partial charge on any atom is -0.541 e. The number of Topliss-reactive ketones (excluding diaryl/α,β-unsaturated/α-hetero) is 1. The van der Waals surface area contributed by atoms with Gasteiger partial charge >= 0.3 is 6.09 Å². The van der Waals surface area contributed by atoms with E-state index in [-0.39, 0.29) is 36.9 Å². The van der Waals surface area contributed by atoms with Crippen LogP contribution in [0.2, 0.25) is 0 Å². The number of carbonyl (C=O) groups is 3. The Morgan fingerprint density at radius 3 is 2.10 bits per heavy atom. The van der Waals surface area contributed by atoms with Gasteiger partial charge in [0.05, 0.1) is 6.04 Å². The Hall–Kier alpha value is -0.868. The number of hydrogen-bond donors (Lipinski definition) is 1. The Morgan fingerprint density at radius 1 is 1.10 bits per heavy atom. The summed E-state index contributed by atoms with van der Waals surface area (Å²) in [4.78, 5) is 51.3. The van der Waals surface area contributed by atoms with Crippen LogP contribution in [0.1, 0.15) is 74.7 Å². The molecule has 0 radical (unpaired) electrons. The van der Waals surface area contributed by atoms with Gasteiger partial charge in [-0.25, -0.2) is 4.79 Å². The first kappa shape index (κ1) is 30.1. The molecule has 0 bridgehead atoms. The molecular formula is C23H39N2O5U-. The number of rotatable bonds is 6. The summed E-state index contributed by atoms with van der Waals surface area (Å²) >= 11 is 0.